The summed E-state index contributed by atoms with van der Waals surface area (Å²) in [5, 5.41) is 3.37. The van der Waals surface area contributed by atoms with Crippen LogP contribution in [0.2, 0.25) is 0 Å². The van der Waals surface area contributed by atoms with Gasteiger partial charge in [0.2, 0.25) is 0 Å². The highest BCUT2D eigenvalue weighted by Crippen LogP contribution is 2.21. The van der Waals surface area contributed by atoms with Gasteiger partial charge in [0.1, 0.15) is 0 Å². The molecule has 0 aromatic heterocycles. The molecule has 15 heavy (non-hydrogen) atoms. The van der Waals surface area contributed by atoms with Crippen LogP contribution in [0.5, 0.6) is 0 Å². The zero-order valence-corrected chi connectivity index (χ0v) is 11.1. The molecule has 90 valence electrons. The summed E-state index contributed by atoms with van der Waals surface area (Å²) in [5.74, 6) is 2.73. The Morgan fingerprint density at radius 2 is 2.20 bits per heavy atom. The number of unbranched alkanes of at least 4 members (excludes halogenated alkanes) is 2. The fraction of sp³-hybridized carbons (Fsp3) is 1.00. The largest absolute Gasteiger partial charge is 0.317 e. The Bertz CT molecular complexity index is 147. The van der Waals surface area contributed by atoms with Crippen LogP contribution < -0.4 is 5.32 Å². The van der Waals surface area contributed by atoms with Crippen LogP contribution in [-0.2, 0) is 0 Å². The minimum Gasteiger partial charge on any atom is -0.317 e. The zero-order valence-electron chi connectivity index (χ0n) is 10.3. The van der Waals surface area contributed by atoms with Gasteiger partial charge in [0.25, 0.3) is 0 Å². The van der Waals surface area contributed by atoms with E-state index in [2.05, 4.69) is 35.9 Å². The predicted octanol–water partition coefficient (Wildman–Crippen LogP) is 2.20. The van der Waals surface area contributed by atoms with E-state index in [1.165, 1.54) is 50.3 Å². The smallest absolute Gasteiger partial charge is 0.0191 e. The van der Waals surface area contributed by atoms with E-state index >= 15 is 0 Å². The van der Waals surface area contributed by atoms with Gasteiger partial charge in [-0.1, -0.05) is 13.3 Å². The molecule has 0 saturated carbocycles. The molecule has 1 aliphatic heterocycles. The Kier molecular flexibility index (Phi) is 7.49. The summed E-state index contributed by atoms with van der Waals surface area (Å²) >= 11 is 2.11. The van der Waals surface area contributed by atoms with Gasteiger partial charge in [-0.2, -0.15) is 11.8 Å². The third-order valence-corrected chi connectivity index (χ3v) is 4.29. The van der Waals surface area contributed by atoms with E-state index in [1.54, 1.807) is 0 Å². The maximum Gasteiger partial charge on any atom is 0.0191 e. The molecule has 0 aromatic carbocycles. The van der Waals surface area contributed by atoms with Crippen LogP contribution in [0.25, 0.3) is 0 Å². The average molecular weight is 230 g/mol. The molecule has 0 amide bonds. The molecule has 0 aromatic rings. The Balaban J connectivity index is 1.90. The summed E-state index contributed by atoms with van der Waals surface area (Å²) < 4.78 is 0. The summed E-state index contributed by atoms with van der Waals surface area (Å²) in [4.78, 5) is 2.56. The molecule has 1 atom stereocenters. The topological polar surface area (TPSA) is 15.3 Å². The summed E-state index contributed by atoms with van der Waals surface area (Å²) in [7, 11) is 2.29. The second-order valence-electron chi connectivity index (χ2n) is 4.41. The van der Waals surface area contributed by atoms with Crippen molar-refractivity contribution in [1.82, 2.24) is 10.2 Å². The van der Waals surface area contributed by atoms with Crippen molar-refractivity contribution in [3.8, 4) is 0 Å². The van der Waals surface area contributed by atoms with Gasteiger partial charge in [0.15, 0.2) is 0 Å². The van der Waals surface area contributed by atoms with E-state index < -0.39 is 0 Å². The van der Waals surface area contributed by atoms with Crippen molar-refractivity contribution in [1.29, 1.82) is 0 Å². The number of hydrogen-bond acceptors (Lipinski definition) is 3. The minimum atomic E-state index is 0.865. The third-order valence-electron chi connectivity index (χ3n) is 3.14. The molecule has 0 spiro atoms. The number of nitrogens with one attached hydrogen (secondary N) is 1. The Morgan fingerprint density at radius 1 is 1.33 bits per heavy atom. The number of rotatable bonds is 8. The lowest BCUT2D eigenvalue weighted by atomic mass is 10.2. The van der Waals surface area contributed by atoms with Crippen LogP contribution in [0.4, 0.5) is 0 Å². The molecular formula is C12H26N2S. The van der Waals surface area contributed by atoms with Crippen molar-refractivity contribution >= 4 is 11.8 Å². The lowest BCUT2D eigenvalue weighted by molar-refractivity contribution is 0.256. The van der Waals surface area contributed by atoms with Crippen LogP contribution in [0.1, 0.15) is 32.6 Å². The van der Waals surface area contributed by atoms with E-state index in [-0.39, 0.29) is 0 Å². The SMILES string of the molecule is CCNCCCCCN(C)C1CCSC1. The molecule has 1 fully saturated rings. The molecule has 1 heterocycles. The van der Waals surface area contributed by atoms with E-state index in [4.69, 9.17) is 0 Å². The van der Waals surface area contributed by atoms with Crippen LogP contribution in [-0.4, -0.2) is 49.1 Å². The highest BCUT2D eigenvalue weighted by atomic mass is 32.2. The first kappa shape index (κ1) is 13.3. The molecule has 1 saturated heterocycles. The quantitative estimate of drug-likeness (QED) is 0.644. The van der Waals surface area contributed by atoms with Gasteiger partial charge >= 0.3 is 0 Å². The van der Waals surface area contributed by atoms with Gasteiger partial charge in [-0.25, -0.2) is 0 Å². The van der Waals surface area contributed by atoms with Crippen molar-refractivity contribution in [2.75, 3.05) is 38.2 Å². The fourth-order valence-corrected chi connectivity index (χ4v) is 3.32. The van der Waals surface area contributed by atoms with E-state index in [1.807, 2.05) is 0 Å². The van der Waals surface area contributed by atoms with Crippen LogP contribution in [0.3, 0.4) is 0 Å². The summed E-state index contributed by atoms with van der Waals surface area (Å²) in [6, 6.07) is 0.865. The van der Waals surface area contributed by atoms with Crippen molar-refractivity contribution < 1.29 is 0 Å². The second kappa shape index (κ2) is 8.43. The van der Waals surface area contributed by atoms with Crippen molar-refractivity contribution in [3.63, 3.8) is 0 Å². The highest BCUT2D eigenvalue weighted by Gasteiger charge is 2.18. The average Bonchev–Trinajstić information content (AvgIpc) is 2.76. The monoisotopic (exact) mass is 230 g/mol. The molecule has 0 bridgehead atoms. The van der Waals surface area contributed by atoms with Crippen molar-refractivity contribution in [2.45, 2.75) is 38.6 Å². The third kappa shape index (κ3) is 5.79. The summed E-state index contributed by atoms with van der Waals surface area (Å²) in [6.45, 7) is 5.77. The molecular weight excluding hydrogens is 204 g/mol. The Morgan fingerprint density at radius 3 is 2.87 bits per heavy atom. The molecule has 0 radical (unpaired) electrons. The minimum absolute atomic E-state index is 0.865. The van der Waals surface area contributed by atoms with Gasteiger partial charge in [-0.3, -0.25) is 0 Å². The van der Waals surface area contributed by atoms with Crippen LogP contribution in [0, 0.1) is 0 Å². The van der Waals surface area contributed by atoms with Gasteiger partial charge in [0, 0.05) is 11.8 Å². The molecule has 1 aliphatic rings. The van der Waals surface area contributed by atoms with Gasteiger partial charge in [0.05, 0.1) is 0 Å². The fourth-order valence-electron chi connectivity index (χ4n) is 2.02. The van der Waals surface area contributed by atoms with E-state index in [9.17, 15) is 0 Å². The second-order valence-corrected chi connectivity index (χ2v) is 5.56. The highest BCUT2D eigenvalue weighted by molar-refractivity contribution is 7.99. The zero-order chi connectivity index (χ0) is 10.9. The van der Waals surface area contributed by atoms with Gasteiger partial charge < -0.3 is 10.2 Å². The number of hydrogen-bond donors (Lipinski definition) is 1. The summed E-state index contributed by atoms with van der Waals surface area (Å²) in [6.07, 6.45) is 5.47. The van der Waals surface area contributed by atoms with Crippen molar-refractivity contribution in [3.05, 3.63) is 0 Å². The number of thioether (sulfide) groups is 1. The Labute approximate surface area is 99.2 Å². The maximum absolute atomic E-state index is 3.37. The lowest BCUT2D eigenvalue weighted by Gasteiger charge is -2.23. The van der Waals surface area contributed by atoms with Crippen LogP contribution >= 0.6 is 11.8 Å². The first-order chi connectivity index (χ1) is 7.34. The summed E-state index contributed by atoms with van der Waals surface area (Å²) in [5.41, 5.74) is 0. The predicted molar refractivity (Wildman–Crippen MR) is 70.8 cm³/mol. The van der Waals surface area contributed by atoms with Gasteiger partial charge in [-0.05, 0) is 51.7 Å². The van der Waals surface area contributed by atoms with E-state index in [0.717, 1.165) is 12.6 Å². The van der Waals surface area contributed by atoms with Crippen molar-refractivity contribution in [2.24, 2.45) is 0 Å². The standard InChI is InChI=1S/C12H26N2S/c1-3-13-8-5-4-6-9-14(2)12-7-10-15-11-12/h12-13H,3-11H2,1-2H3. The van der Waals surface area contributed by atoms with E-state index in [0.29, 0.717) is 0 Å². The molecule has 1 N–H and O–H groups in total. The lowest BCUT2D eigenvalue weighted by Crippen LogP contribution is -2.32. The molecule has 1 unspecified atom stereocenters. The maximum atomic E-state index is 3.37. The Hall–Kier alpha value is 0.270. The first-order valence-electron chi connectivity index (χ1n) is 6.33. The first-order valence-corrected chi connectivity index (χ1v) is 7.48. The molecule has 0 aliphatic carbocycles. The van der Waals surface area contributed by atoms with Gasteiger partial charge in [-0.15, -0.1) is 0 Å². The molecule has 1 rings (SSSR count). The normalized spacial score (nSPS) is 21.4. The number of nitrogens with zero attached hydrogens (tertiary/aromatic N) is 1. The van der Waals surface area contributed by atoms with Crippen LogP contribution in [0.15, 0.2) is 0 Å². The molecule has 2 nitrogen and oxygen atoms in total. The molecule has 3 heteroatoms.